The molecule has 0 heterocycles. The minimum atomic E-state index is 0.202. The molecule has 0 spiro atoms. The molecule has 0 bridgehead atoms. The summed E-state index contributed by atoms with van der Waals surface area (Å²) in [4.78, 5) is 11.6. The third-order valence-electron chi connectivity index (χ3n) is 2.72. The number of allylic oxidation sites excluding steroid dienone is 1. The largest absolute Gasteiger partial charge is 0.330 e. The van der Waals surface area contributed by atoms with Crippen LogP contribution in [-0.2, 0) is 4.79 Å². The van der Waals surface area contributed by atoms with Gasteiger partial charge in [-0.2, -0.15) is 0 Å². The van der Waals surface area contributed by atoms with E-state index in [0.29, 0.717) is 12.3 Å². The van der Waals surface area contributed by atoms with Gasteiger partial charge in [0.15, 0.2) is 0 Å². The van der Waals surface area contributed by atoms with Crippen molar-refractivity contribution in [2.24, 2.45) is 11.7 Å². The Balaban J connectivity index is 3.42. The van der Waals surface area contributed by atoms with Crippen molar-refractivity contribution in [2.45, 2.75) is 51.9 Å². The van der Waals surface area contributed by atoms with Gasteiger partial charge in [0.1, 0.15) is 5.78 Å². The molecule has 0 aliphatic carbocycles. The summed E-state index contributed by atoms with van der Waals surface area (Å²) in [5.41, 5.74) is 5.41. The Hall–Kier alpha value is -0.630. The first kappa shape index (κ1) is 14.4. The Kier molecular flexibility index (Phi) is 9.49. The highest BCUT2D eigenvalue weighted by atomic mass is 16.1. The van der Waals surface area contributed by atoms with Crippen LogP contribution in [0.3, 0.4) is 0 Å². The number of hydrogen-bond donors (Lipinski definition) is 1. The maximum absolute atomic E-state index is 11.6. The fraction of sp³-hybridized carbons (Fsp3) is 0.769. The molecule has 0 aromatic carbocycles. The average molecular weight is 211 g/mol. The van der Waals surface area contributed by atoms with Gasteiger partial charge in [0.2, 0.25) is 0 Å². The Morgan fingerprint density at radius 3 is 2.67 bits per heavy atom. The van der Waals surface area contributed by atoms with Gasteiger partial charge in [0, 0.05) is 12.3 Å². The molecule has 0 amide bonds. The van der Waals surface area contributed by atoms with Crippen molar-refractivity contribution in [3.63, 3.8) is 0 Å². The molecular formula is C13H25NO. The van der Waals surface area contributed by atoms with Gasteiger partial charge >= 0.3 is 0 Å². The van der Waals surface area contributed by atoms with E-state index >= 15 is 0 Å². The van der Waals surface area contributed by atoms with Crippen LogP contribution in [0.1, 0.15) is 51.9 Å². The van der Waals surface area contributed by atoms with Crippen molar-refractivity contribution < 1.29 is 4.79 Å². The summed E-state index contributed by atoms with van der Waals surface area (Å²) in [6.45, 7) is 6.38. The SMILES string of the molecule is C=CCCCCCC(=O)C(C)CCCN. The van der Waals surface area contributed by atoms with Crippen molar-refractivity contribution in [1.29, 1.82) is 0 Å². The molecular weight excluding hydrogens is 186 g/mol. The highest BCUT2D eigenvalue weighted by Gasteiger charge is 2.11. The van der Waals surface area contributed by atoms with E-state index in [1.807, 2.05) is 13.0 Å². The zero-order valence-electron chi connectivity index (χ0n) is 10.0. The number of rotatable bonds is 10. The molecule has 88 valence electrons. The lowest BCUT2D eigenvalue weighted by molar-refractivity contribution is -0.122. The Morgan fingerprint density at radius 1 is 1.33 bits per heavy atom. The van der Waals surface area contributed by atoms with Crippen LogP contribution >= 0.6 is 0 Å². The maximum Gasteiger partial charge on any atom is 0.135 e. The molecule has 0 aliphatic rings. The fourth-order valence-electron chi connectivity index (χ4n) is 1.60. The molecule has 0 radical (unpaired) electrons. The summed E-state index contributed by atoms with van der Waals surface area (Å²) >= 11 is 0. The van der Waals surface area contributed by atoms with Gasteiger partial charge < -0.3 is 5.73 Å². The van der Waals surface area contributed by atoms with Crippen LogP contribution in [0.4, 0.5) is 0 Å². The normalized spacial score (nSPS) is 12.4. The zero-order chi connectivity index (χ0) is 11.5. The number of ketones is 1. The van der Waals surface area contributed by atoms with Crippen LogP contribution in [0.15, 0.2) is 12.7 Å². The molecule has 0 aromatic heterocycles. The molecule has 0 rings (SSSR count). The van der Waals surface area contributed by atoms with Gasteiger partial charge in [-0.25, -0.2) is 0 Å². The van der Waals surface area contributed by atoms with Gasteiger partial charge in [0.25, 0.3) is 0 Å². The smallest absolute Gasteiger partial charge is 0.135 e. The van der Waals surface area contributed by atoms with E-state index in [2.05, 4.69) is 6.58 Å². The minimum Gasteiger partial charge on any atom is -0.330 e. The lowest BCUT2D eigenvalue weighted by Gasteiger charge is -2.08. The van der Waals surface area contributed by atoms with E-state index in [1.165, 1.54) is 0 Å². The molecule has 1 atom stereocenters. The zero-order valence-corrected chi connectivity index (χ0v) is 10.0. The number of unbranched alkanes of at least 4 members (excludes halogenated alkanes) is 3. The molecule has 2 nitrogen and oxygen atoms in total. The van der Waals surface area contributed by atoms with Crippen molar-refractivity contribution in [3.8, 4) is 0 Å². The maximum atomic E-state index is 11.6. The summed E-state index contributed by atoms with van der Waals surface area (Å²) in [5.74, 6) is 0.606. The topological polar surface area (TPSA) is 43.1 Å². The highest BCUT2D eigenvalue weighted by molar-refractivity contribution is 5.80. The van der Waals surface area contributed by atoms with E-state index in [9.17, 15) is 4.79 Å². The van der Waals surface area contributed by atoms with Crippen LogP contribution < -0.4 is 5.73 Å². The van der Waals surface area contributed by atoms with E-state index < -0.39 is 0 Å². The van der Waals surface area contributed by atoms with E-state index in [-0.39, 0.29) is 5.92 Å². The average Bonchev–Trinajstić information content (AvgIpc) is 2.25. The van der Waals surface area contributed by atoms with Crippen LogP contribution in [0, 0.1) is 5.92 Å². The quantitative estimate of drug-likeness (QED) is 0.446. The Labute approximate surface area is 93.9 Å². The van der Waals surface area contributed by atoms with Crippen LogP contribution in [0.25, 0.3) is 0 Å². The first-order valence-electron chi connectivity index (χ1n) is 6.06. The molecule has 2 N–H and O–H groups in total. The standard InChI is InChI=1S/C13H25NO/c1-3-4-5-6-7-10-13(15)12(2)9-8-11-14/h3,12H,1,4-11,14H2,2H3. The van der Waals surface area contributed by atoms with Crippen molar-refractivity contribution in [3.05, 3.63) is 12.7 Å². The van der Waals surface area contributed by atoms with Crippen molar-refractivity contribution in [2.75, 3.05) is 6.54 Å². The lowest BCUT2D eigenvalue weighted by Crippen LogP contribution is -2.12. The van der Waals surface area contributed by atoms with Gasteiger partial charge in [-0.3, -0.25) is 4.79 Å². The Morgan fingerprint density at radius 2 is 2.07 bits per heavy atom. The van der Waals surface area contributed by atoms with Gasteiger partial charge in [-0.1, -0.05) is 19.4 Å². The lowest BCUT2D eigenvalue weighted by atomic mass is 9.96. The predicted molar refractivity (Wildman–Crippen MR) is 65.7 cm³/mol. The predicted octanol–water partition coefficient (Wildman–Crippen LogP) is 3.07. The first-order valence-corrected chi connectivity index (χ1v) is 6.06. The molecule has 0 saturated heterocycles. The number of nitrogens with two attached hydrogens (primary N) is 1. The number of carbonyl (C=O) groups is 1. The van der Waals surface area contributed by atoms with Gasteiger partial charge in [0.05, 0.1) is 0 Å². The summed E-state index contributed by atoms with van der Waals surface area (Å²) in [6, 6.07) is 0. The van der Waals surface area contributed by atoms with Gasteiger partial charge in [-0.15, -0.1) is 6.58 Å². The van der Waals surface area contributed by atoms with Gasteiger partial charge in [-0.05, 0) is 38.6 Å². The molecule has 0 fully saturated rings. The third kappa shape index (κ3) is 8.37. The van der Waals surface area contributed by atoms with Crippen LogP contribution in [0.2, 0.25) is 0 Å². The van der Waals surface area contributed by atoms with E-state index in [1.54, 1.807) is 0 Å². The van der Waals surface area contributed by atoms with Crippen LogP contribution in [0.5, 0.6) is 0 Å². The summed E-state index contributed by atoms with van der Waals surface area (Å²) in [5, 5.41) is 0. The summed E-state index contributed by atoms with van der Waals surface area (Å²) in [6.07, 6.45) is 8.98. The van der Waals surface area contributed by atoms with Crippen LogP contribution in [-0.4, -0.2) is 12.3 Å². The second-order valence-electron chi connectivity index (χ2n) is 4.19. The summed E-state index contributed by atoms with van der Waals surface area (Å²) in [7, 11) is 0. The number of carbonyl (C=O) groups excluding carboxylic acids is 1. The fourth-order valence-corrected chi connectivity index (χ4v) is 1.60. The molecule has 15 heavy (non-hydrogen) atoms. The molecule has 0 aliphatic heterocycles. The van der Waals surface area contributed by atoms with E-state index in [0.717, 1.165) is 44.9 Å². The molecule has 0 saturated carbocycles. The second-order valence-corrected chi connectivity index (χ2v) is 4.19. The second kappa shape index (κ2) is 9.91. The number of hydrogen-bond acceptors (Lipinski definition) is 2. The monoisotopic (exact) mass is 211 g/mol. The summed E-state index contributed by atoms with van der Waals surface area (Å²) < 4.78 is 0. The highest BCUT2D eigenvalue weighted by Crippen LogP contribution is 2.12. The third-order valence-corrected chi connectivity index (χ3v) is 2.72. The van der Waals surface area contributed by atoms with Crippen molar-refractivity contribution in [1.82, 2.24) is 0 Å². The minimum absolute atomic E-state index is 0.202. The first-order chi connectivity index (χ1) is 7.22. The van der Waals surface area contributed by atoms with Crippen molar-refractivity contribution >= 4 is 5.78 Å². The molecule has 0 aromatic rings. The number of Topliss-reactive ketones (excluding diaryl/α,β-unsaturated/α-hetero) is 1. The Bertz CT molecular complexity index is 177. The molecule has 2 heteroatoms. The molecule has 1 unspecified atom stereocenters. The van der Waals surface area contributed by atoms with E-state index in [4.69, 9.17) is 5.73 Å².